The van der Waals surface area contributed by atoms with Crippen LogP contribution < -0.4 is 10.9 Å². The molecule has 22 heavy (non-hydrogen) atoms. The van der Waals surface area contributed by atoms with Crippen molar-refractivity contribution in [3.8, 4) is 0 Å². The second-order valence-electron chi connectivity index (χ2n) is 5.64. The van der Waals surface area contributed by atoms with Crippen molar-refractivity contribution in [3.05, 3.63) is 51.3 Å². The quantitative estimate of drug-likeness (QED) is 0.895. The van der Waals surface area contributed by atoms with Crippen LogP contribution in [-0.2, 0) is 4.79 Å². The van der Waals surface area contributed by atoms with Gasteiger partial charge < -0.3 is 5.32 Å². The van der Waals surface area contributed by atoms with E-state index in [1.165, 1.54) is 4.68 Å². The summed E-state index contributed by atoms with van der Waals surface area (Å²) in [7, 11) is 0. The molecule has 116 valence electrons. The van der Waals surface area contributed by atoms with Gasteiger partial charge in [-0.3, -0.25) is 19.4 Å². The van der Waals surface area contributed by atoms with Crippen LogP contribution in [0.3, 0.4) is 0 Å². The van der Waals surface area contributed by atoms with Crippen LogP contribution in [0.5, 0.6) is 0 Å². The lowest BCUT2D eigenvalue weighted by molar-refractivity contribution is -0.116. The third kappa shape index (κ3) is 2.22. The first-order valence-corrected chi connectivity index (χ1v) is 6.97. The molecule has 0 spiro atoms. The summed E-state index contributed by atoms with van der Waals surface area (Å²) >= 11 is 0. The van der Waals surface area contributed by atoms with Crippen LogP contribution >= 0.6 is 0 Å². The third-order valence-corrected chi connectivity index (χ3v) is 3.81. The van der Waals surface area contributed by atoms with E-state index in [-0.39, 0.29) is 29.5 Å². The Bertz CT molecular complexity index is 808. The molecule has 5 nitrogen and oxygen atoms in total. The second-order valence-corrected chi connectivity index (χ2v) is 5.64. The molecule has 7 heteroatoms. The lowest BCUT2D eigenvalue weighted by Gasteiger charge is -2.24. The van der Waals surface area contributed by atoms with Crippen LogP contribution in [0.4, 0.5) is 14.6 Å². The van der Waals surface area contributed by atoms with Gasteiger partial charge in [-0.1, -0.05) is 0 Å². The van der Waals surface area contributed by atoms with Gasteiger partial charge in [0.05, 0.1) is 5.56 Å². The minimum atomic E-state index is -0.803. The summed E-state index contributed by atoms with van der Waals surface area (Å²) < 4.78 is 29.0. The Balaban J connectivity index is 2.22. The highest BCUT2D eigenvalue weighted by molar-refractivity contribution is 5.94. The number of hydrogen-bond acceptors (Lipinski definition) is 2. The molecule has 1 amide bonds. The van der Waals surface area contributed by atoms with Crippen molar-refractivity contribution < 1.29 is 13.6 Å². The molecule has 0 fully saturated rings. The van der Waals surface area contributed by atoms with E-state index in [1.54, 1.807) is 0 Å². The van der Waals surface area contributed by atoms with Crippen molar-refractivity contribution in [1.29, 1.82) is 0 Å². The number of amides is 1. The molecule has 3 rings (SSSR count). The molecule has 2 aromatic rings. The standard InChI is InChI=1S/C15H15F2N3O2/c1-7(2)20-14-13(15(22)19-20)10(6-12(21)18-14)9-5-8(16)3-4-11(9)17/h3-5,7,10H,6H2,1-2H3,(H,18,21)(H,19,22). The van der Waals surface area contributed by atoms with E-state index in [1.807, 2.05) is 13.8 Å². The van der Waals surface area contributed by atoms with Crippen molar-refractivity contribution in [2.45, 2.75) is 32.2 Å². The highest BCUT2D eigenvalue weighted by Gasteiger charge is 2.34. The van der Waals surface area contributed by atoms with Gasteiger partial charge >= 0.3 is 0 Å². The fourth-order valence-corrected chi connectivity index (χ4v) is 2.82. The van der Waals surface area contributed by atoms with Crippen LogP contribution in [0.15, 0.2) is 23.0 Å². The van der Waals surface area contributed by atoms with Crippen molar-refractivity contribution in [2.75, 3.05) is 5.32 Å². The van der Waals surface area contributed by atoms with Crippen LogP contribution in [0, 0.1) is 11.6 Å². The zero-order valence-electron chi connectivity index (χ0n) is 12.1. The first-order valence-electron chi connectivity index (χ1n) is 6.97. The van der Waals surface area contributed by atoms with Gasteiger partial charge in [-0.15, -0.1) is 0 Å². The summed E-state index contributed by atoms with van der Waals surface area (Å²) in [4.78, 5) is 24.2. The fourth-order valence-electron chi connectivity index (χ4n) is 2.82. The predicted molar refractivity (Wildman–Crippen MR) is 76.9 cm³/mol. The number of halogens is 2. The SMILES string of the molecule is CC(C)n1[nH]c(=O)c2c1NC(=O)CC2c1cc(F)ccc1F. The summed E-state index contributed by atoms with van der Waals surface area (Å²) in [5.74, 6) is -2.06. The van der Waals surface area contributed by atoms with Gasteiger partial charge in [0.15, 0.2) is 0 Å². The van der Waals surface area contributed by atoms with Crippen molar-refractivity contribution in [2.24, 2.45) is 0 Å². The van der Waals surface area contributed by atoms with E-state index in [0.717, 1.165) is 18.2 Å². The number of benzene rings is 1. The van der Waals surface area contributed by atoms with Gasteiger partial charge in [-0.2, -0.15) is 0 Å². The van der Waals surface area contributed by atoms with E-state index >= 15 is 0 Å². The fraction of sp³-hybridized carbons (Fsp3) is 0.333. The number of nitrogens with one attached hydrogen (secondary N) is 2. The monoisotopic (exact) mass is 307 g/mol. The summed E-state index contributed by atoms with van der Waals surface area (Å²) in [6, 6.07) is 2.96. The largest absolute Gasteiger partial charge is 0.311 e. The number of H-pyrrole nitrogens is 1. The van der Waals surface area contributed by atoms with Gasteiger partial charge in [-0.05, 0) is 37.6 Å². The Morgan fingerprint density at radius 2 is 2.00 bits per heavy atom. The Kier molecular flexibility index (Phi) is 3.35. The molecule has 0 saturated carbocycles. The first-order chi connectivity index (χ1) is 10.4. The van der Waals surface area contributed by atoms with E-state index in [0.29, 0.717) is 5.82 Å². The Labute approximate surface area is 124 Å². The molecule has 1 aliphatic rings. The molecule has 0 aliphatic carbocycles. The molecule has 0 saturated heterocycles. The van der Waals surface area contributed by atoms with Gasteiger partial charge in [-0.25, -0.2) is 8.78 Å². The molecule has 1 atom stereocenters. The number of fused-ring (bicyclic) bond motifs is 1. The average Bonchev–Trinajstić information content (AvgIpc) is 2.78. The Morgan fingerprint density at radius 1 is 1.27 bits per heavy atom. The number of rotatable bonds is 2. The second kappa shape index (κ2) is 5.08. The van der Waals surface area contributed by atoms with Gasteiger partial charge in [0.25, 0.3) is 5.56 Å². The summed E-state index contributed by atoms with van der Waals surface area (Å²) in [5.41, 5.74) is -0.127. The number of carbonyl (C=O) groups excluding carboxylic acids is 1. The molecular formula is C15H15F2N3O2. The third-order valence-electron chi connectivity index (χ3n) is 3.81. The topological polar surface area (TPSA) is 66.9 Å². The van der Waals surface area contributed by atoms with Crippen molar-refractivity contribution in [1.82, 2.24) is 9.78 Å². The van der Waals surface area contributed by atoms with Crippen LogP contribution in [0.2, 0.25) is 0 Å². The van der Waals surface area contributed by atoms with E-state index < -0.39 is 23.1 Å². The lowest BCUT2D eigenvalue weighted by atomic mass is 9.87. The minimum absolute atomic E-state index is 0.0168. The van der Waals surface area contributed by atoms with Crippen LogP contribution in [0.25, 0.3) is 0 Å². The smallest absolute Gasteiger partial charge is 0.270 e. The molecular weight excluding hydrogens is 292 g/mol. The molecule has 1 aromatic heterocycles. The zero-order valence-corrected chi connectivity index (χ0v) is 12.1. The van der Waals surface area contributed by atoms with Gasteiger partial charge in [0, 0.05) is 18.4 Å². The Hall–Kier alpha value is -2.44. The number of nitrogens with zero attached hydrogens (tertiary/aromatic N) is 1. The molecule has 1 aromatic carbocycles. The molecule has 0 radical (unpaired) electrons. The summed E-state index contributed by atoms with van der Waals surface area (Å²) in [6.45, 7) is 3.68. The molecule has 2 N–H and O–H groups in total. The van der Waals surface area contributed by atoms with Crippen molar-refractivity contribution in [3.63, 3.8) is 0 Å². The molecule has 0 bridgehead atoms. The van der Waals surface area contributed by atoms with E-state index in [9.17, 15) is 18.4 Å². The maximum absolute atomic E-state index is 14.1. The van der Waals surface area contributed by atoms with Gasteiger partial charge in [0.2, 0.25) is 5.91 Å². The molecule has 1 aliphatic heterocycles. The average molecular weight is 307 g/mol. The summed E-state index contributed by atoms with van der Waals surface area (Å²) in [5, 5.41) is 5.28. The summed E-state index contributed by atoms with van der Waals surface area (Å²) in [6.07, 6.45) is -0.0986. The number of aromatic nitrogens is 2. The van der Waals surface area contributed by atoms with Gasteiger partial charge in [0.1, 0.15) is 17.5 Å². The number of hydrogen-bond donors (Lipinski definition) is 2. The van der Waals surface area contributed by atoms with Crippen LogP contribution in [-0.4, -0.2) is 15.7 Å². The Morgan fingerprint density at radius 3 is 2.68 bits per heavy atom. The zero-order chi connectivity index (χ0) is 16.0. The minimum Gasteiger partial charge on any atom is -0.311 e. The maximum Gasteiger partial charge on any atom is 0.270 e. The number of carbonyl (C=O) groups is 1. The highest BCUT2D eigenvalue weighted by atomic mass is 19.1. The highest BCUT2D eigenvalue weighted by Crippen LogP contribution is 2.37. The number of anilines is 1. The van der Waals surface area contributed by atoms with Crippen molar-refractivity contribution >= 4 is 11.7 Å². The molecule has 2 heterocycles. The number of aromatic amines is 1. The van der Waals surface area contributed by atoms with E-state index in [4.69, 9.17) is 0 Å². The van der Waals surface area contributed by atoms with Crippen LogP contribution in [0.1, 0.15) is 43.4 Å². The lowest BCUT2D eigenvalue weighted by Crippen LogP contribution is -2.27. The van der Waals surface area contributed by atoms with E-state index in [2.05, 4.69) is 10.4 Å². The maximum atomic E-state index is 14.1. The first kappa shape index (κ1) is 14.5. The normalized spacial score (nSPS) is 17.5. The molecule has 1 unspecified atom stereocenters. The predicted octanol–water partition coefficient (Wildman–Crippen LogP) is 2.51.